The van der Waals surface area contributed by atoms with Crippen molar-refractivity contribution >= 4 is 41.0 Å². The van der Waals surface area contributed by atoms with Crippen LogP contribution in [0.25, 0.3) is 5.57 Å². The first-order valence-electron chi connectivity index (χ1n) is 10.4. The Balaban J connectivity index is 0.00000231. The number of fused-ring (bicyclic) bond motifs is 2. The van der Waals surface area contributed by atoms with Gasteiger partial charge in [0.25, 0.3) is 5.91 Å². The summed E-state index contributed by atoms with van der Waals surface area (Å²) in [7, 11) is 0. The molecule has 0 atom stereocenters. The number of allylic oxidation sites excluding steroid dienone is 1. The Morgan fingerprint density at radius 1 is 1.00 bits per heavy atom. The van der Waals surface area contributed by atoms with Crippen LogP contribution < -0.4 is 10.6 Å². The average molecular weight is 443 g/mol. The number of rotatable bonds is 4. The number of nitrogens with one attached hydrogen (secondary N) is 2. The summed E-state index contributed by atoms with van der Waals surface area (Å²) in [5.74, 6) is -0.679. The van der Waals surface area contributed by atoms with Crippen molar-refractivity contribution in [1.82, 2.24) is 4.90 Å². The second-order valence-corrected chi connectivity index (χ2v) is 7.74. The summed E-state index contributed by atoms with van der Waals surface area (Å²) in [6.45, 7) is 3.50. The number of benzene rings is 2. The van der Waals surface area contributed by atoms with Crippen molar-refractivity contribution in [1.29, 1.82) is 0 Å². The van der Waals surface area contributed by atoms with Crippen LogP contribution in [0.5, 0.6) is 0 Å². The van der Waals surface area contributed by atoms with Crippen LogP contribution in [-0.2, 0) is 9.63 Å². The highest BCUT2D eigenvalue weighted by molar-refractivity contribution is 6.39. The van der Waals surface area contributed by atoms with Crippen LogP contribution in [0, 0.1) is 5.82 Å². The molecular weight excluding hydrogens is 419 g/mol. The van der Waals surface area contributed by atoms with Crippen LogP contribution in [0.1, 0.15) is 30.4 Å². The quantitative estimate of drug-likeness (QED) is 0.422. The average Bonchev–Trinajstić information content (AvgIpc) is 3.28. The minimum Gasteiger partial charge on any atom is -0.394 e. The molecule has 0 radical (unpaired) electrons. The lowest BCUT2D eigenvalue weighted by molar-refractivity contribution is -0.110. The number of carbonyl (C=O) groups is 1. The van der Waals surface area contributed by atoms with E-state index in [-0.39, 0.29) is 18.3 Å². The van der Waals surface area contributed by atoms with E-state index in [9.17, 15) is 9.18 Å². The number of carbonyl (C=O) groups excluding carboxylic acids is 1. The number of anilines is 2. The summed E-state index contributed by atoms with van der Waals surface area (Å²) in [5.41, 5.74) is 4.29. The molecule has 3 heterocycles. The number of piperidine rings is 1. The number of para-hydroxylation sites is 1. The van der Waals surface area contributed by atoms with E-state index in [1.807, 2.05) is 24.3 Å². The van der Waals surface area contributed by atoms with Crippen LogP contribution in [-0.4, -0.2) is 42.8 Å². The lowest BCUT2D eigenvalue weighted by atomic mass is 10.0. The minimum absolute atomic E-state index is 0. The second-order valence-electron chi connectivity index (χ2n) is 7.74. The summed E-state index contributed by atoms with van der Waals surface area (Å²) in [6.07, 6.45) is 3.75. The summed E-state index contributed by atoms with van der Waals surface area (Å²) in [5, 5.41) is 10.5. The molecule has 6 nitrogen and oxygen atoms in total. The van der Waals surface area contributed by atoms with Crippen LogP contribution >= 0.6 is 12.4 Å². The van der Waals surface area contributed by atoms with E-state index in [2.05, 4.69) is 20.7 Å². The number of amides is 1. The normalized spacial score (nSPS) is 21.2. The molecule has 0 spiro atoms. The van der Waals surface area contributed by atoms with Gasteiger partial charge in [0.2, 0.25) is 0 Å². The predicted octanol–water partition coefficient (Wildman–Crippen LogP) is 4.24. The van der Waals surface area contributed by atoms with E-state index >= 15 is 0 Å². The minimum atomic E-state index is -0.393. The van der Waals surface area contributed by atoms with Crippen molar-refractivity contribution in [2.24, 2.45) is 5.16 Å². The highest BCUT2D eigenvalue weighted by atomic mass is 35.5. The Morgan fingerprint density at radius 2 is 1.77 bits per heavy atom. The number of nitrogens with zero attached hydrogens (tertiary/aromatic N) is 2. The van der Waals surface area contributed by atoms with E-state index < -0.39 is 5.82 Å². The van der Waals surface area contributed by atoms with Gasteiger partial charge in [-0.1, -0.05) is 29.8 Å². The molecule has 0 unspecified atom stereocenters. The molecule has 5 rings (SSSR count). The van der Waals surface area contributed by atoms with Crippen molar-refractivity contribution in [3.05, 3.63) is 65.1 Å². The number of oxime groups is 1. The molecule has 8 heteroatoms. The summed E-state index contributed by atoms with van der Waals surface area (Å²) >= 11 is 0. The largest absolute Gasteiger partial charge is 0.394 e. The Bertz CT molecular complexity index is 1060. The van der Waals surface area contributed by atoms with Gasteiger partial charge < -0.3 is 15.5 Å². The molecule has 0 bridgehead atoms. The SMILES string of the molecule is Cl.O=C1Nc2ccc(F)cc2/C1=C1/Nc2ccccc2/C1=N\OCCN1CCCCC1. The van der Waals surface area contributed by atoms with E-state index in [0.29, 0.717) is 34.8 Å². The maximum atomic E-state index is 13.9. The molecule has 0 aliphatic carbocycles. The van der Waals surface area contributed by atoms with Crippen molar-refractivity contribution in [2.75, 3.05) is 36.9 Å². The molecule has 1 amide bonds. The van der Waals surface area contributed by atoms with Gasteiger partial charge in [-0.3, -0.25) is 9.69 Å². The van der Waals surface area contributed by atoms with Gasteiger partial charge in [0.15, 0.2) is 0 Å². The topological polar surface area (TPSA) is 66.0 Å². The summed E-state index contributed by atoms with van der Waals surface area (Å²) < 4.78 is 13.9. The number of halogens is 2. The standard InChI is InChI=1S/C23H23FN4O2.ClH/c24-15-8-9-19-17(14-15)20(23(29)26-19)22-21(16-6-2-3-7-18(16)25-22)27-30-13-12-28-10-4-1-5-11-28;/h2-3,6-9,14,25H,1,4-5,10-13H2,(H,26,29);1H/b22-20-,27-21+;. The highest BCUT2D eigenvalue weighted by Gasteiger charge is 2.34. The second kappa shape index (κ2) is 9.08. The first kappa shape index (κ1) is 21.3. The van der Waals surface area contributed by atoms with E-state index in [0.717, 1.165) is 30.9 Å². The number of hydrogen-bond donors (Lipinski definition) is 2. The number of likely N-dealkylation sites (tertiary alicyclic amines) is 1. The molecule has 0 saturated carbocycles. The van der Waals surface area contributed by atoms with E-state index in [1.54, 1.807) is 6.07 Å². The highest BCUT2D eigenvalue weighted by Crippen LogP contribution is 2.39. The van der Waals surface area contributed by atoms with Gasteiger partial charge in [-0.05, 0) is 50.2 Å². The molecule has 1 fully saturated rings. The lowest BCUT2D eigenvalue weighted by Gasteiger charge is -2.25. The molecule has 2 aromatic carbocycles. The maximum absolute atomic E-state index is 13.9. The maximum Gasteiger partial charge on any atom is 0.258 e. The van der Waals surface area contributed by atoms with Crippen LogP contribution in [0.4, 0.5) is 15.8 Å². The molecule has 2 aromatic rings. The fourth-order valence-electron chi connectivity index (χ4n) is 4.25. The van der Waals surface area contributed by atoms with Gasteiger partial charge in [0.05, 0.1) is 11.3 Å². The molecule has 1 saturated heterocycles. The van der Waals surface area contributed by atoms with Gasteiger partial charge in [0, 0.05) is 29.0 Å². The molecule has 31 heavy (non-hydrogen) atoms. The summed E-state index contributed by atoms with van der Waals surface area (Å²) in [4.78, 5) is 20.8. The smallest absolute Gasteiger partial charge is 0.258 e. The third-order valence-electron chi connectivity index (χ3n) is 5.76. The van der Waals surface area contributed by atoms with Crippen molar-refractivity contribution in [3.8, 4) is 0 Å². The van der Waals surface area contributed by atoms with Crippen LogP contribution in [0.2, 0.25) is 0 Å². The van der Waals surface area contributed by atoms with E-state index in [4.69, 9.17) is 4.84 Å². The van der Waals surface area contributed by atoms with Crippen LogP contribution in [0.3, 0.4) is 0 Å². The lowest BCUT2D eigenvalue weighted by Crippen LogP contribution is -2.32. The van der Waals surface area contributed by atoms with Crippen LogP contribution in [0.15, 0.2) is 53.3 Å². The van der Waals surface area contributed by atoms with Gasteiger partial charge in [-0.15, -0.1) is 12.4 Å². The molecule has 162 valence electrons. The predicted molar refractivity (Wildman–Crippen MR) is 122 cm³/mol. The first-order chi connectivity index (χ1) is 14.7. The van der Waals surface area contributed by atoms with Gasteiger partial charge in [-0.25, -0.2) is 4.39 Å². The Hall–Kier alpha value is -2.90. The van der Waals surface area contributed by atoms with Gasteiger partial charge in [-0.2, -0.15) is 0 Å². The fourth-order valence-corrected chi connectivity index (χ4v) is 4.25. The third-order valence-corrected chi connectivity index (χ3v) is 5.76. The Kier molecular flexibility index (Phi) is 6.25. The van der Waals surface area contributed by atoms with Crippen molar-refractivity contribution < 1.29 is 14.0 Å². The zero-order valence-corrected chi connectivity index (χ0v) is 17.8. The third kappa shape index (κ3) is 4.16. The number of hydrogen-bond acceptors (Lipinski definition) is 5. The molecule has 2 N–H and O–H groups in total. The van der Waals surface area contributed by atoms with E-state index in [1.165, 1.54) is 31.4 Å². The Labute approximate surface area is 186 Å². The van der Waals surface area contributed by atoms with Gasteiger partial charge in [0.1, 0.15) is 18.1 Å². The molecular formula is C23H24ClFN4O2. The Morgan fingerprint density at radius 3 is 2.61 bits per heavy atom. The molecule has 3 aliphatic rings. The van der Waals surface area contributed by atoms with Crippen molar-refractivity contribution in [2.45, 2.75) is 19.3 Å². The van der Waals surface area contributed by atoms with Gasteiger partial charge >= 0.3 is 0 Å². The molecule has 3 aliphatic heterocycles. The zero-order chi connectivity index (χ0) is 20.5. The molecule has 0 aromatic heterocycles. The monoisotopic (exact) mass is 442 g/mol. The fraction of sp³-hybridized carbons (Fsp3) is 0.304. The first-order valence-corrected chi connectivity index (χ1v) is 10.4. The zero-order valence-electron chi connectivity index (χ0n) is 17.0. The summed E-state index contributed by atoms with van der Waals surface area (Å²) in [6, 6.07) is 12.0. The van der Waals surface area contributed by atoms with Crippen molar-refractivity contribution in [3.63, 3.8) is 0 Å².